The van der Waals surface area contributed by atoms with E-state index in [1.54, 1.807) is 6.20 Å². The van der Waals surface area contributed by atoms with E-state index in [0.29, 0.717) is 18.5 Å². The Morgan fingerprint density at radius 3 is 2.96 bits per heavy atom. The molecule has 1 aliphatic rings. The van der Waals surface area contributed by atoms with Crippen molar-refractivity contribution in [3.63, 3.8) is 0 Å². The molecule has 130 valence electrons. The quantitative estimate of drug-likeness (QED) is 0.825. The highest BCUT2D eigenvalue weighted by Gasteiger charge is 2.19. The van der Waals surface area contributed by atoms with Crippen LogP contribution in [0.3, 0.4) is 0 Å². The highest BCUT2D eigenvalue weighted by Crippen LogP contribution is 2.23. The molecule has 0 saturated carbocycles. The number of aryl methyl sites for hydroxylation is 1. The van der Waals surface area contributed by atoms with E-state index >= 15 is 0 Å². The summed E-state index contributed by atoms with van der Waals surface area (Å²) in [5.74, 6) is 0.146. The van der Waals surface area contributed by atoms with Crippen LogP contribution < -0.4 is 5.32 Å². The molecule has 1 fully saturated rings. The monoisotopic (exact) mass is 337 g/mol. The second-order valence-electron chi connectivity index (χ2n) is 6.37. The maximum Gasteiger partial charge on any atom is 0.251 e. The maximum absolute atomic E-state index is 12.4. The van der Waals surface area contributed by atoms with Gasteiger partial charge in [-0.3, -0.25) is 14.6 Å². The Morgan fingerprint density at radius 2 is 2.20 bits per heavy atom. The minimum absolute atomic E-state index is 0.0821. The van der Waals surface area contributed by atoms with Crippen LogP contribution in [0.4, 0.5) is 0 Å². The molecule has 0 atom stereocenters. The lowest BCUT2D eigenvalue weighted by molar-refractivity contribution is -0.127. The molecule has 5 nitrogen and oxygen atoms in total. The zero-order valence-corrected chi connectivity index (χ0v) is 14.5. The average molecular weight is 337 g/mol. The summed E-state index contributed by atoms with van der Waals surface area (Å²) >= 11 is 0. The van der Waals surface area contributed by atoms with Gasteiger partial charge in [0.25, 0.3) is 5.91 Å². The Bertz CT molecular complexity index is 773. The van der Waals surface area contributed by atoms with E-state index in [1.807, 2.05) is 48.4 Å². The summed E-state index contributed by atoms with van der Waals surface area (Å²) in [6, 6.07) is 9.57. The number of pyridine rings is 1. The molecule has 0 unspecified atom stereocenters. The van der Waals surface area contributed by atoms with Gasteiger partial charge in [0.2, 0.25) is 5.91 Å². The van der Waals surface area contributed by atoms with E-state index in [4.69, 9.17) is 0 Å². The van der Waals surface area contributed by atoms with Crippen LogP contribution in [-0.2, 0) is 4.79 Å². The van der Waals surface area contributed by atoms with Crippen LogP contribution in [0.2, 0.25) is 0 Å². The predicted octanol–water partition coefficient (Wildman–Crippen LogP) is 2.80. The minimum atomic E-state index is -0.0821. The van der Waals surface area contributed by atoms with Crippen molar-refractivity contribution in [1.29, 1.82) is 0 Å². The van der Waals surface area contributed by atoms with Crippen molar-refractivity contribution in [2.24, 2.45) is 0 Å². The molecule has 2 amide bonds. The van der Waals surface area contributed by atoms with E-state index in [-0.39, 0.29) is 11.8 Å². The van der Waals surface area contributed by atoms with Gasteiger partial charge in [-0.2, -0.15) is 0 Å². The highest BCUT2D eigenvalue weighted by atomic mass is 16.2. The van der Waals surface area contributed by atoms with E-state index in [1.165, 1.54) is 0 Å². The first-order valence-corrected chi connectivity index (χ1v) is 8.72. The van der Waals surface area contributed by atoms with Gasteiger partial charge in [-0.15, -0.1) is 0 Å². The summed E-state index contributed by atoms with van der Waals surface area (Å²) in [6.07, 6.45) is 5.97. The summed E-state index contributed by atoms with van der Waals surface area (Å²) in [7, 11) is 0. The van der Waals surface area contributed by atoms with Crippen molar-refractivity contribution in [3.8, 4) is 11.1 Å². The van der Waals surface area contributed by atoms with E-state index in [2.05, 4.69) is 10.3 Å². The van der Waals surface area contributed by atoms with Crippen molar-refractivity contribution >= 4 is 11.8 Å². The Hall–Kier alpha value is -2.69. The molecule has 1 aromatic carbocycles. The molecule has 1 N–H and O–H groups in total. The molecular weight excluding hydrogens is 314 g/mol. The number of likely N-dealkylation sites (tertiary alicyclic amines) is 1. The number of amides is 2. The van der Waals surface area contributed by atoms with Crippen molar-refractivity contribution < 1.29 is 9.59 Å². The number of carbonyl (C=O) groups excluding carboxylic acids is 2. The van der Waals surface area contributed by atoms with Gasteiger partial charge in [0.15, 0.2) is 0 Å². The third-order valence-electron chi connectivity index (χ3n) is 4.52. The molecule has 3 rings (SSSR count). The largest absolute Gasteiger partial charge is 0.352 e. The SMILES string of the molecule is Cc1cnccc1-c1cccc(C(=O)NCCCN2CCCC2=O)c1. The summed E-state index contributed by atoms with van der Waals surface area (Å²) in [6.45, 7) is 4.14. The summed E-state index contributed by atoms with van der Waals surface area (Å²) < 4.78 is 0. The van der Waals surface area contributed by atoms with E-state index < -0.39 is 0 Å². The Balaban J connectivity index is 1.56. The molecular formula is C20H23N3O2. The Morgan fingerprint density at radius 1 is 1.32 bits per heavy atom. The number of nitrogens with one attached hydrogen (secondary N) is 1. The average Bonchev–Trinajstić information content (AvgIpc) is 3.04. The standard InChI is InChI=1S/C20H23N3O2/c1-15-14-21-10-8-18(15)16-5-2-6-17(13-16)20(25)22-9-4-12-23-11-3-7-19(23)24/h2,5-6,8,10,13-14H,3-4,7,9,11-12H2,1H3,(H,22,25). The zero-order chi connectivity index (χ0) is 17.6. The molecule has 2 aromatic rings. The zero-order valence-electron chi connectivity index (χ0n) is 14.5. The van der Waals surface area contributed by atoms with E-state index in [9.17, 15) is 9.59 Å². The van der Waals surface area contributed by atoms with Crippen LogP contribution in [0.15, 0.2) is 42.7 Å². The van der Waals surface area contributed by atoms with Crippen molar-refractivity contribution in [2.75, 3.05) is 19.6 Å². The van der Waals surface area contributed by atoms with Gasteiger partial charge in [0, 0.05) is 44.0 Å². The van der Waals surface area contributed by atoms with Crippen LogP contribution >= 0.6 is 0 Å². The third-order valence-corrected chi connectivity index (χ3v) is 4.52. The van der Waals surface area contributed by atoms with Crippen LogP contribution in [-0.4, -0.2) is 41.3 Å². The van der Waals surface area contributed by atoms with Gasteiger partial charge in [-0.1, -0.05) is 12.1 Å². The molecule has 25 heavy (non-hydrogen) atoms. The Kier molecular flexibility index (Phi) is 5.43. The molecule has 2 heterocycles. The van der Waals surface area contributed by atoms with Crippen molar-refractivity contribution in [1.82, 2.24) is 15.2 Å². The van der Waals surface area contributed by atoms with Crippen molar-refractivity contribution in [3.05, 3.63) is 53.9 Å². The molecule has 1 saturated heterocycles. The van der Waals surface area contributed by atoms with E-state index in [0.717, 1.165) is 42.6 Å². The molecule has 0 radical (unpaired) electrons. The summed E-state index contributed by atoms with van der Waals surface area (Å²) in [5, 5.41) is 2.94. The fourth-order valence-electron chi connectivity index (χ4n) is 3.14. The molecule has 1 aliphatic heterocycles. The van der Waals surface area contributed by atoms with Gasteiger partial charge in [-0.05, 0) is 54.7 Å². The number of hydrogen-bond acceptors (Lipinski definition) is 3. The second-order valence-corrected chi connectivity index (χ2v) is 6.37. The first-order valence-electron chi connectivity index (χ1n) is 8.72. The molecule has 0 spiro atoms. The van der Waals surface area contributed by atoms with Gasteiger partial charge in [-0.25, -0.2) is 0 Å². The van der Waals surface area contributed by atoms with Crippen LogP contribution in [0.1, 0.15) is 35.2 Å². The number of aromatic nitrogens is 1. The fraction of sp³-hybridized carbons (Fsp3) is 0.350. The number of benzene rings is 1. The smallest absolute Gasteiger partial charge is 0.251 e. The highest BCUT2D eigenvalue weighted by molar-refractivity contribution is 5.95. The first kappa shape index (κ1) is 17.1. The van der Waals surface area contributed by atoms with Crippen LogP contribution in [0.5, 0.6) is 0 Å². The van der Waals surface area contributed by atoms with Crippen molar-refractivity contribution in [2.45, 2.75) is 26.2 Å². The minimum Gasteiger partial charge on any atom is -0.352 e. The lowest BCUT2D eigenvalue weighted by Gasteiger charge is -2.15. The number of rotatable bonds is 6. The van der Waals surface area contributed by atoms with Gasteiger partial charge in [0.05, 0.1) is 0 Å². The number of hydrogen-bond donors (Lipinski definition) is 1. The number of nitrogens with zero attached hydrogens (tertiary/aromatic N) is 2. The molecule has 0 aliphatic carbocycles. The molecule has 5 heteroatoms. The normalized spacial score (nSPS) is 14.0. The summed E-state index contributed by atoms with van der Waals surface area (Å²) in [5.41, 5.74) is 3.81. The van der Waals surface area contributed by atoms with Gasteiger partial charge in [0.1, 0.15) is 0 Å². The fourth-order valence-corrected chi connectivity index (χ4v) is 3.14. The third kappa shape index (κ3) is 4.24. The predicted molar refractivity (Wildman–Crippen MR) is 97.2 cm³/mol. The lowest BCUT2D eigenvalue weighted by Crippen LogP contribution is -2.30. The summed E-state index contributed by atoms with van der Waals surface area (Å²) in [4.78, 5) is 29.9. The lowest BCUT2D eigenvalue weighted by atomic mass is 10.0. The van der Waals surface area contributed by atoms with Crippen LogP contribution in [0.25, 0.3) is 11.1 Å². The maximum atomic E-state index is 12.4. The van der Waals surface area contributed by atoms with Crippen LogP contribution in [0, 0.1) is 6.92 Å². The molecule has 1 aromatic heterocycles. The molecule has 0 bridgehead atoms. The van der Waals surface area contributed by atoms with Gasteiger partial charge < -0.3 is 10.2 Å². The topological polar surface area (TPSA) is 62.3 Å². The number of carbonyl (C=O) groups is 2. The Labute approximate surface area is 148 Å². The second kappa shape index (κ2) is 7.92. The first-order chi connectivity index (χ1) is 12.1. The van der Waals surface area contributed by atoms with Gasteiger partial charge >= 0.3 is 0 Å².